The summed E-state index contributed by atoms with van der Waals surface area (Å²) in [6, 6.07) is 9.55. The molecule has 7 nitrogen and oxygen atoms in total. The molecule has 30 heavy (non-hydrogen) atoms. The lowest BCUT2D eigenvalue weighted by atomic mass is 10.1. The van der Waals surface area contributed by atoms with Gasteiger partial charge in [0, 0.05) is 13.1 Å². The maximum absolute atomic E-state index is 12.2. The molecule has 0 spiro atoms. The Balaban J connectivity index is 0.000000269. The smallest absolute Gasteiger partial charge is 0.345 e. The highest BCUT2D eigenvalue weighted by Crippen LogP contribution is 2.17. The minimum Gasteiger partial charge on any atom is -0.463 e. The van der Waals surface area contributed by atoms with Crippen molar-refractivity contribution >= 4 is 6.47 Å². The van der Waals surface area contributed by atoms with Gasteiger partial charge in [-0.2, -0.15) is 8.78 Å². The molecule has 3 rings (SSSR count). The van der Waals surface area contributed by atoms with Crippen LogP contribution >= 0.6 is 0 Å². The van der Waals surface area contributed by atoms with Gasteiger partial charge in [0.05, 0.1) is 32.5 Å². The van der Waals surface area contributed by atoms with Crippen molar-refractivity contribution in [1.82, 2.24) is 4.90 Å². The van der Waals surface area contributed by atoms with Crippen LogP contribution in [-0.2, 0) is 35.1 Å². The van der Waals surface area contributed by atoms with Gasteiger partial charge in [0.15, 0.2) is 0 Å². The molecule has 0 amide bonds. The van der Waals surface area contributed by atoms with Crippen molar-refractivity contribution in [2.24, 2.45) is 0 Å². The Labute approximate surface area is 176 Å². The standard InChI is InChI=1S/C13H23F2NO4.C8H8O2/c1-16-4-2-10(3-5-16)18-6-7-19-11-8-17-9-12(11)20-13(14)15;9-7-10-6-8-4-2-1-3-5-8/h10-13H,2-9H2,1H3;1-5,7H,6H2. The molecule has 1 aromatic carbocycles. The molecule has 0 saturated carbocycles. The zero-order chi connectivity index (χ0) is 21.6. The lowest BCUT2D eigenvalue weighted by Crippen LogP contribution is -2.35. The lowest BCUT2D eigenvalue weighted by molar-refractivity contribution is -0.186. The molecule has 0 bridgehead atoms. The molecule has 0 aromatic heterocycles. The van der Waals surface area contributed by atoms with Gasteiger partial charge >= 0.3 is 6.61 Å². The van der Waals surface area contributed by atoms with E-state index in [0.29, 0.717) is 32.9 Å². The first kappa shape index (κ1) is 24.6. The molecule has 9 heteroatoms. The number of hydrogen-bond acceptors (Lipinski definition) is 7. The summed E-state index contributed by atoms with van der Waals surface area (Å²) < 4.78 is 49.6. The first-order valence-electron chi connectivity index (χ1n) is 10.1. The van der Waals surface area contributed by atoms with Gasteiger partial charge in [0.1, 0.15) is 18.8 Å². The van der Waals surface area contributed by atoms with Crippen molar-refractivity contribution in [3.63, 3.8) is 0 Å². The molecular formula is C21H31F2NO6. The van der Waals surface area contributed by atoms with Gasteiger partial charge in [-0.15, -0.1) is 0 Å². The zero-order valence-electron chi connectivity index (χ0n) is 17.3. The monoisotopic (exact) mass is 431 g/mol. The number of halogens is 2. The normalized spacial score (nSPS) is 22.5. The van der Waals surface area contributed by atoms with Gasteiger partial charge in [-0.1, -0.05) is 30.3 Å². The summed E-state index contributed by atoms with van der Waals surface area (Å²) in [4.78, 5) is 12.0. The minimum atomic E-state index is -2.79. The number of benzene rings is 1. The van der Waals surface area contributed by atoms with Gasteiger partial charge in [0.2, 0.25) is 0 Å². The third-order valence-corrected chi connectivity index (χ3v) is 4.85. The second kappa shape index (κ2) is 14.4. The molecule has 0 N–H and O–H groups in total. The highest BCUT2D eigenvalue weighted by atomic mass is 19.3. The number of ether oxygens (including phenoxy) is 5. The molecular weight excluding hydrogens is 400 g/mol. The molecule has 2 fully saturated rings. The number of piperidine rings is 1. The molecule has 2 aliphatic heterocycles. The number of hydrogen-bond donors (Lipinski definition) is 0. The topological polar surface area (TPSA) is 66.5 Å². The average molecular weight is 431 g/mol. The summed E-state index contributed by atoms with van der Waals surface area (Å²) in [7, 11) is 2.10. The third-order valence-electron chi connectivity index (χ3n) is 4.85. The molecule has 0 radical (unpaired) electrons. The minimum absolute atomic E-state index is 0.158. The van der Waals surface area contributed by atoms with E-state index in [1.807, 2.05) is 30.3 Å². The van der Waals surface area contributed by atoms with Crippen LogP contribution < -0.4 is 0 Å². The average Bonchev–Trinajstić information content (AvgIpc) is 3.18. The Morgan fingerprint density at radius 2 is 1.77 bits per heavy atom. The van der Waals surface area contributed by atoms with Gasteiger partial charge < -0.3 is 28.6 Å². The number of rotatable bonds is 10. The number of nitrogens with zero attached hydrogens (tertiary/aromatic N) is 1. The summed E-state index contributed by atoms with van der Waals surface area (Å²) in [5.41, 5.74) is 1.01. The van der Waals surface area contributed by atoms with Crippen molar-refractivity contribution < 1.29 is 37.3 Å². The summed E-state index contributed by atoms with van der Waals surface area (Å²) in [6.07, 6.45) is 1.23. The molecule has 2 heterocycles. The van der Waals surface area contributed by atoms with E-state index in [1.54, 1.807) is 0 Å². The summed E-state index contributed by atoms with van der Waals surface area (Å²) in [5, 5.41) is 0. The SMILES string of the molecule is CN1CCC(OCCOC2COCC2OC(F)F)CC1.O=COCc1ccccc1. The van der Waals surface area contributed by atoms with Crippen molar-refractivity contribution in [3.05, 3.63) is 35.9 Å². The zero-order valence-corrected chi connectivity index (χ0v) is 17.3. The van der Waals surface area contributed by atoms with Crippen LogP contribution in [0.15, 0.2) is 30.3 Å². The third kappa shape index (κ3) is 9.90. The second-order valence-electron chi connectivity index (χ2n) is 7.15. The molecule has 2 saturated heterocycles. The molecule has 0 aliphatic carbocycles. The van der Waals surface area contributed by atoms with Crippen molar-refractivity contribution in [1.29, 1.82) is 0 Å². The van der Waals surface area contributed by atoms with E-state index >= 15 is 0 Å². The van der Waals surface area contributed by atoms with E-state index < -0.39 is 18.8 Å². The van der Waals surface area contributed by atoms with E-state index in [2.05, 4.69) is 21.4 Å². The number of likely N-dealkylation sites (tertiary alicyclic amines) is 1. The fraction of sp³-hybridized carbons (Fsp3) is 0.667. The van der Waals surface area contributed by atoms with Crippen LogP contribution in [0.3, 0.4) is 0 Å². The first-order valence-corrected chi connectivity index (χ1v) is 10.1. The maximum Gasteiger partial charge on any atom is 0.345 e. The summed E-state index contributed by atoms with van der Waals surface area (Å²) in [5.74, 6) is 0. The highest BCUT2D eigenvalue weighted by Gasteiger charge is 2.32. The second-order valence-corrected chi connectivity index (χ2v) is 7.15. The van der Waals surface area contributed by atoms with E-state index in [-0.39, 0.29) is 12.7 Å². The summed E-state index contributed by atoms with van der Waals surface area (Å²) in [6.45, 7) is 1.44. The van der Waals surface area contributed by atoms with Crippen LogP contribution in [0.4, 0.5) is 8.78 Å². The lowest BCUT2D eigenvalue weighted by Gasteiger charge is -2.29. The van der Waals surface area contributed by atoms with E-state index in [0.717, 1.165) is 31.5 Å². The van der Waals surface area contributed by atoms with Crippen LogP contribution in [-0.4, -0.2) is 82.9 Å². The van der Waals surface area contributed by atoms with Crippen LogP contribution in [0.1, 0.15) is 18.4 Å². The largest absolute Gasteiger partial charge is 0.463 e. The van der Waals surface area contributed by atoms with Crippen molar-refractivity contribution in [2.45, 2.75) is 44.4 Å². The van der Waals surface area contributed by atoms with Gasteiger partial charge in [-0.3, -0.25) is 4.79 Å². The molecule has 170 valence electrons. The highest BCUT2D eigenvalue weighted by molar-refractivity contribution is 5.37. The quantitative estimate of drug-likeness (QED) is 0.417. The predicted octanol–water partition coefficient (Wildman–Crippen LogP) is 2.48. The van der Waals surface area contributed by atoms with Crippen LogP contribution in [0.25, 0.3) is 0 Å². The van der Waals surface area contributed by atoms with Crippen molar-refractivity contribution in [2.75, 3.05) is 46.6 Å². The molecule has 2 unspecified atom stereocenters. The van der Waals surface area contributed by atoms with Crippen molar-refractivity contribution in [3.8, 4) is 0 Å². The Morgan fingerprint density at radius 3 is 2.43 bits per heavy atom. The number of carbonyl (C=O) groups excluding carboxylic acids is 1. The molecule has 2 atom stereocenters. The Bertz CT molecular complexity index is 572. The summed E-state index contributed by atoms with van der Waals surface area (Å²) >= 11 is 0. The van der Waals surface area contributed by atoms with Gasteiger partial charge in [-0.25, -0.2) is 0 Å². The van der Waals surface area contributed by atoms with Gasteiger partial charge in [-0.05, 0) is 25.5 Å². The van der Waals surface area contributed by atoms with Crippen LogP contribution in [0, 0.1) is 0 Å². The van der Waals surface area contributed by atoms with Crippen LogP contribution in [0.2, 0.25) is 0 Å². The molecule has 1 aromatic rings. The van der Waals surface area contributed by atoms with E-state index in [4.69, 9.17) is 14.2 Å². The Kier molecular flexibility index (Phi) is 11.8. The van der Waals surface area contributed by atoms with Crippen LogP contribution in [0.5, 0.6) is 0 Å². The number of carbonyl (C=O) groups is 1. The van der Waals surface area contributed by atoms with Gasteiger partial charge in [0.25, 0.3) is 6.47 Å². The first-order chi connectivity index (χ1) is 14.6. The Hall–Kier alpha value is -1.65. The predicted molar refractivity (Wildman–Crippen MR) is 105 cm³/mol. The number of alkyl halides is 2. The fourth-order valence-corrected chi connectivity index (χ4v) is 3.20. The molecule has 2 aliphatic rings. The Morgan fingerprint density at radius 1 is 1.10 bits per heavy atom. The maximum atomic E-state index is 12.2. The van der Waals surface area contributed by atoms with E-state index in [9.17, 15) is 13.6 Å². The fourth-order valence-electron chi connectivity index (χ4n) is 3.20. The van der Waals surface area contributed by atoms with E-state index in [1.165, 1.54) is 0 Å².